The van der Waals surface area contributed by atoms with Crippen LogP contribution in [0.5, 0.6) is 5.19 Å². The maximum absolute atomic E-state index is 13.7. The number of thiazole rings is 1. The number of aliphatic hydroxyl groups excluding tert-OH is 2. The first-order valence-electron chi connectivity index (χ1n) is 8.68. The Bertz CT molecular complexity index is 1030. The second kappa shape index (κ2) is 8.95. The molecule has 30 heavy (non-hydrogen) atoms. The van der Waals surface area contributed by atoms with Gasteiger partial charge in [0.15, 0.2) is 5.82 Å². The second-order valence-corrected chi connectivity index (χ2v) is 9.38. The van der Waals surface area contributed by atoms with Crippen molar-refractivity contribution in [2.24, 2.45) is 0 Å². The Hall–Kier alpha value is -1.47. The first-order valence-corrected chi connectivity index (χ1v) is 11.2. The van der Waals surface area contributed by atoms with Crippen molar-refractivity contribution in [3.63, 3.8) is 0 Å². The zero-order valence-corrected chi connectivity index (χ0v) is 18.2. The molecule has 0 saturated carbocycles. The van der Waals surface area contributed by atoms with Crippen LogP contribution in [0.25, 0.3) is 11.4 Å². The van der Waals surface area contributed by atoms with Crippen LogP contribution in [0.2, 0.25) is 10.0 Å². The zero-order chi connectivity index (χ0) is 21.4. The molecule has 1 aliphatic rings. The predicted octanol–water partition coefficient (Wildman–Crippen LogP) is 3.35. The van der Waals surface area contributed by atoms with Gasteiger partial charge in [0, 0.05) is 16.7 Å². The molecule has 2 aromatic heterocycles. The minimum atomic E-state index is -1.04. The molecule has 0 spiro atoms. The van der Waals surface area contributed by atoms with Gasteiger partial charge in [-0.05, 0) is 12.1 Å². The van der Waals surface area contributed by atoms with E-state index in [-0.39, 0.29) is 15.2 Å². The van der Waals surface area contributed by atoms with Gasteiger partial charge in [0.2, 0.25) is 0 Å². The van der Waals surface area contributed by atoms with Crippen LogP contribution >= 0.6 is 46.3 Å². The molecule has 4 rings (SSSR count). The summed E-state index contributed by atoms with van der Waals surface area (Å²) >= 11 is 14.0. The van der Waals surface area contributed by atoms with E-state index in [0.29, 0.717) is 22.7 Å². The molecule has 8 nitrogen and oxygen atoms in total. The Morgan fingerprint density at radius 2 is 2.03 bits per heavy atom. The van der Waals surface area contributed by atoms with Crippen LogP contribution in [-0.2, 0) is 4.74 Å². The van der Waals surface area contributed by atoms with Crippen molar-refractivity contribution in [3.8, 4) is 16.6 Å². The van der Waals surface area contributed by atoms with Gasteiger partial charge in [-0.1, -0.05) is 51.5 Å². The van der Waals surface area contributed by atoms with E-state index in [0.717, 1.165) is 11.3 Å². The molecule has 1 fully saturated rings. The van der Waals surface area contributed by atoms with Crippen LogP contribution < -0.4 is 0 Å². The van der Waals surface area contributed by atoms with Crippen LogP contribution in [0.15, 0.2) is 28.6 Å². The van der Waals surface area contributed by atoms with Crippen LogP contribution in [0.4, 0.5) is 4.39 Å². The molecule has 0 aliphatic carbocycles. The van der Waals surface area contributed by atoms with Crippen molar-refractivity contribution >= 4 is 46.3 Å². The van der Waals surface area contributed by atoms with Crippen LogP contribution in [0, 0.1) is 5.82 Å². The number of benzene rings is 1. The largest absolute Gasteiger partial charge is 0.486 e. The number of ether oxygens (including phenoxy) is 1. The molecule has 0 amide bonds. The maximum Gasteiger partial charge on any atom is 0.271 e. The van der Waals surface area contributed by atoms with E-state index < -0.39 is 36.1 Å². The van der Waals surface area contributed by atoms with Crippen molar-refractivity contribution in [2.45, 2.75) is 35.0 Å². The lowest BCUT2D eigenvalue weighted by atomic mass is 10.00. The summed E-state index contributed by atoms with van der Waals surface area (Å²) in [4.78, 5) is 4.54. The van der Waals surface area contributed by atoms with E-state index in [9.17, 15) is 19.7 Å². The molecule has 1 aliphatic heterocycles. The smallest absolute Gasteiger partial charge is 0.271 e. The highest BCUT2D eigenvalue weighted by molar-refractivity contribution is 7.99. The van der Waals surface area contributed by atoms with E-state index in [1.165, 1.54) is 28.6 Å². The number of hydrogen-bond acceptors (Lipinski definition) is 9. The lowest BCUT2D eigenvalue weighted by Gasteiger charge is -2.38. The molecule has 4 atom stereocenters. The van der Waals surface area contributed by atoms with Crippen LogP contribution in [0.3, 0.4) is 0 Å². The summed E-state index contributed by atoms with van der Waals surface area (Å²) < 4.78 is 20.9. The van der Waals surface area contributed by atoms with Gasteiger partial charge < -0.3 is 20.1 Å². The van der Waals surface area contributed by atoms with Gasteiger partial charge in [-0.15, -0.1) is 5.10 Å². The Kier molecular flexibility index (Phi) is 6.49. The third kappa shape index (κ3) is 4.42. The number of aliphatic hydroxyl groups is 2. The summed E-state index contributed by atoms with van der Waals surface area (Å²) in [5.41, 5.74) is 0.404. The molecule has 1 aromatic carbocycles. The fourth-order valence-corrected chi connectivity index (χ4v) is 5.42. The monoisotopic (exact) mass is 492 g/mol. The lowest BCUT2D eigenvalue weighted by molar-refractivity contribution is -0.130. The average molecular weight is 493 g/mol. The number of thioether (sulfide) groups is 1. The predicted molar refractivity (Wildman–Crippen MR) is 110 cm³/mol. The van der Waals surface area contributed by atoms with E-state index in [1.807, 2.05) is 0 Å². The van der Waals surface area contributed by atoms with Crippen molar-refractivity contribution in [3.05, 3.63) is 39.6 Å². The van der Waals surface area contributed by atoms with E-state index in [2.05, 4.69) is 15.3 Å². The third-order valence-corrected chi connectivity index (χ3v) is 6.81. The SMILES string of the molecule is OCC1O[C@H](Sc2cc(Cl)c(F)c(Cl)c2)CC(n2cc(-c3csc(O)n3)nn2)[C@H]1O. The van der Waals surface area contributed by atoms with E-state index >= 15 is 0 Å². The first kappa shape index (κ1) is 21.8. The minimum absolute atomic E-state index is 0.0842. The summed E-state index contributed by atoms with van der Waals surface area (Å²) in [6.07, 6.45) is 0.0319. The quantitative estimate of drug-likeness (QED) is 0.464. The van der Waals surface area contributed by atoms with Gasteiger partial charge in [0.05, 0.1) is 28.9 Å². The summed E-state index contributed by atoms with van der Waals surface area (Å²) in [7, 11) is 0. The average Bonchev–Trinajstić information content (AvgIpc) is 3.36. The molecule has 13 heteroatoms. The molecule has 0 radical (unpaired) electrons. The number of rotatable bonds is 5. The maximum atomic E-state index is 13.7. The van der Waals surface area contributed by atoms with Crippen molar-refractivity contribution in [2.75, 3.05) is 6.61 Å². The second-order valence-electron chi connectivity index (χ2n) is 6.50. The van der Waals surface area contributed by atoms with Gasteiger partial charge in [0.1, 0.15) is 29.0 Å². The fraction of sp³-hybridized carbons (Fsp3) is 0.353. The molecule has 0 bridgehead atoms. The minimum Gasteiger partial charge on any atom is -0.486 e. The Labute approximate surface area is 188 Å². The molecular formula is C17H15Cl2FN4O4S2. The van der Waals surface area contributed by atoms with Gasteiger partial charge in [-0.25, -0.2) is 14.1 Å². The van der Waals surface area contributed by atoms with Crippen molar-refractivity contribution in [1.29, 1.82) is 0 Å². The number of hydrogen-bond donors (Lipinski definition) is 3. The molecule has 160 valence electrons. The van der Waals surface area contributed by atoms with Gasteiger partial charge in [0.25, 0.3) is 5.19 Å². The van der Waals surface area contributed by atoms with Gasteiger partial charge in [-0.3, -0.25) is 0 Å². The molecule has 1 saturated heterocycles. The van der Waals surface area contributed by atoms with Crippen LogP contribution in [-0.4, -0.2) is 59.5 Å². The molecule has 3 heterocycles. The molecular weight excluding hydrogens is 478 g/mol. The fourth-order valence-electron chi connectivity index (χ4n) is 3.10. The number of aromatic nitrogens is 4. The summed E-state index contributed by atoms with van der Waals surface area (Å²) in [5.74, 6) is -0.697. The topological polar surface area (TPSA) is 114 Å². The third-order valence-electron chi connectivity index (χ3n) is 4.55. The molecule has 3 aromatic rings. The number of halogens is 3. The van der Waals surface area contributed by atoms with E-state index in [1.54, 1.807) is 11.6 Å². The summed E-state index contributed by atoms with van der Waals surface area (Å²) in [5, 5.41) is 39.2. The Morgan fingerprint density at radius 3 is 2.67 bits per heavy atom. The highest BCUT2D eigenvalue weighted by atomic mass is 35.5. The Morgan fingerprint density at radius 1 is 1.30 bits per heavy atom. The van der Waals surface area contributed by atoms with Crippen molar-refractivity contribution < 1.29 is 24.4 Å². The normalized spacial score (nSPS) is 24.3. The van der Waals surface area contributed by atoms with Crippen LogP contribution in [0.1, 0.15) is 12.5 Å². The summed E-state index contributed by atoms with van der Waals surface area (Å²) in [6.45, 7) is -0.402. The zero-order valence-electron chi connectivity index (χ0n) is 15.0. The lowest BCUT2D eigenvalue weighted by Crippen LogP contribution is -2.47. The summed E-state index contributed by atoms with van der Waals surface area (Å²) in [6, 6.07) is 2.33. The molecule has 3 N–H and O–H groups in total. The number of nitrogens with zero attached hydrogens (tertiary/aromatic N) is 4. The van der Waals surface area contributed by atoms with Crippen molar-refractivity contribution in [1.82, 2.24) is 20.0 Å². The van der Waals surface area contributed by atoms with Gasteiger partial charge in [-0.2, -0.15) is 0 Å². The van der Waals surface area contributed by atoms with E-state index in [4.69, 9.17) is 27.9 Å². The highest BCUT2D eigenvalue weighted by Crippen LogP contribution is 2.40. The van der Waals surface area contributed by atoms with Gasteiger partial charge >= 0.3 is 0 Å². The highest BCUT2D eigenvalue weighted by Gasteiger charge is 2.39. The standard InChI is InChI=1S/C17H15Cl2FN4O4S2/c18-8-1-7(2-9(19)15(8)20)30-14-3-12(16(26)13(5-25)28-14)24-4-10(22-23-24)11-6-29-17(27)21-11/h1-2,4,6,12-14,16,25-26H,3,5H2,(H,21,27)/t12?,13?,14-,16-/m1/s1. The first-order chi connectivity index (χ1) is 14.4. The molecule has 2 unspecified atom stereocenters. The number of aromatic hydroxyl groups is 1. The Balaban J connectivity index is 1.56.